The van der Waals surface area contributed by atoms with Gasteiger partial charge in [-0.1, -0.05) is 30.9 Å². The van der Waals surface area contributed by atoms with E-state index in [-0.39, 0.29) is 11.9 Å². The van der Waals surface area contributed by atoms with Gasteiger partial charge in [0.15, 0.2) is 0 Å². The van der Waals surface area contributed by atoms with Gasteiger partial charge in [0.05, 0.1) is 4.91 Å². The van der Waals surface area contributed by atoms with Crippen molar-refractivity contribution in [1.29, 1.82) is 0 Å². The largest absolute Gasteiger partial charge is 0.462 e. The molecule has 1 aliphatic rings. The fraction of sp³-hybridized carbons (Fsp3) is 0.385. The van der Waals surface area contributed by atoms with Crippen LogP contribution in [0.3, 0.4) is 0 Å². The molecule has 1 fully saturated rings. The topological polar surface area (TPSA) is 33.5 Å². The van der Waals surface area contributed by atoms with Gasteiger partial charge in [0.1, 0.15) is 15.8 Å². The summed E-state index contributed by atoms with van der Waals surface area (Å²) < 4.78 is 6.08. The van der Waals surface area contributed by atoms with E-state index in [4.69, 9.17) is 16.6 Å². The van der Waals surface area contributed by atoms with Gasteiger partial charge in [-0.25, -0.2) is 0 Å². The Labute approximate surface area is 116 Å². The summed E-state index contributed by atoms with van der Waals surface area (Å²) in [6, 6.07) is 3.87. The number of rotatable bonds is 3. The molecule has 1 aromatic rings. The van der Waals surface area contributed by atoms with Crippen LogP contribution in [0.15, 0.2) is 21.5 Å². The molecule has 96 valence electrons. The molecule has 0 bridgehead atoms. The van der Waals surface area contributed by atoms with E-state index in [1.54, 1.807) is 11.0 Å². The molecule has 1 saturated heterocycles. The Morgan fingerprint density at radius 2 is 2.28 bits per heavy atom. The van der Waals surface area contributed by atoms with Crippen LogP contribution >= 0.6 is 24.0 Å². The van der Waals surface area contributed by atoms with Gasteiger partial charge in [-0.05, 0) is 32.4 Å². The molecule has 0 unspecified atom stereocenters. The summed E-state index contributed by atoms with van der Waals surface area (Å²) >= 11 is 6.59. The number of carbonyl (C=O) groups excluding carboxylic acids is 1. The van der Waals surface area contributed by atoms with Gasteiger partial charge >= 0.3 is 0 Å². The Hall–Kier alpha value is -1.07. The van der Waals surface area contributed by atoms with Crippen molar-refractivity contribution in [3.8, 4) is 0 Å². The molecular weight excluding hydrogens is 266 g/mol. The van der Waals surface area contributed by atoms with E-state index < -0.39 is 0 Å². The Bertz CT molecular complexity index is 519. The van der Waals surface area contributed by atoms with Crippen LogP contribution in [0.2, 0.25) is 0 Å². The molecule has 3 nitrogen and oxygen atoms in total. The van der Waals surface area contributed by atoms with Gasteiger partial charge in [-0.15, -0.1) is 0 Å². The lowest BCUT2D eigenvalue weighted by molar-refractivity contribution is -0.123. The number of furan rings is 1. The number of thiocarbonyl (C=S) groups is 1. The summed E-state index contributed by atoms with van der Waals surface area (Å²) in [6.45, 7) is 5.93. The second-order valence-corrected chi connectivity index (χ2v) is 5.93. The third kappa shape index (κ3) is 2.52. The van der Waals surface area contributed by atoms with Gasteiger partial charge in [-0.2, -0.15) is 0 Å². The molecule has 2 rings (SSSR count). The first kappa shape index (κ1) is 13.4. The summed E-state index contributed by atoms with van der Waals surface area (Å²) in [5.74, 6) is 1.50. The van der Waals surface area contributed by atoms with Crippen molar-refractivity contribution >= 4 is 40.3 Å². The molecule has 18 heavy (non-hydrogen) atoms. The number of hydrogen-bond donors (Lipinski definition) is 0. The highest BCUT2D eigenvalue weighted by molar-refractivity contribution is 8.26. The number of carbonyl (C=O) groups is 1. The average molecular weight is 281 g/mol. The van der Waals surface area contributed by atoms with Gasteiger partial charge in [0.25, 0.3) is 5.91 Å². The highest BCUT2D eigenvalue weighted by atomic mass is 32.2. The van der Waals surface area contributed by atoms with E-state index in [0.717, 1.165) is 12.2 Å². The lowest BCUT2D eigenvalue weighted by Crippen LogP contribution is -2.36. The number of aryl methyl sites for hydroxylation is 1. The maximum Gasteiger partial charge on any atom is 0.266 e. The predicted molar refractivity (Wildman–Crippen MR) is 78.2 cm³/mol. The van der Waals surface area contributed by atoms with Crippen LogP contribution in [0.1, 0.15) is 31.8 Å². The molecule has 2 heterocycles. The standard InChI is InChI=1S/C13H15NO2S2/c1-4-8(2)14-12(15)11(18-13(14)17)7-10-6-5-9(3)16-10/h5-8H,4H2,1-3H3/b11-7+/t8-/m1/s1. The third-order valence-electron chi connectivity index (χ3n) is 2.89. The van der Waals surface area contributed by atoms with Crippen molar-refractivity contribution in [1.82, 2.24) is 4.90 Å². The first-order valence-electron chi connectivity index (χ1n) is 5.86. The van der Waals surface area contributed by atoms with Crippen molar-refractivity contribution < 1.29 is 9.21 Å². The van der Waals surface area contributed by atoms with Crippen LogP contribution in [0, 0.1) is 6.92 Å². The number of hydrogen-bond acceptors (Lipinski definition) is 4. The van der Waals surface area contributed by atoms with Crippen LogP contribution in [0.25, 0.3) is 6.08 Å². The van der Waals surface area contributed by atoms with Gasteiger partial charge in [-0.3, -0.25) is 9.69 Å². The van der Waals surface area contributed by atoms with E-state index in [0.29, 0.717) is 15.0 Å². The summed E-state index contributed by atoms with van der Waals surface area (Å²) in [5.41, 5.74) is 0. The molecule has 0 aliphatic carbocycles. The second kappa shape index (κ2) is 5.28. The zero-order chi connectivity index (χ0) is 13.3. The van der Waals surface area contributed by atoms with Crippen molar-refractivity contribution in [3.05, 3.63) is 28.6 Å². The molecule has 0 saturated carbocycles. The van der Waals surface area contributed by atoms with E-state index in [1.807, 2.05) is 32.9 Å². The molecule has 1 amide bonds. The highest BCUT2D eigenvalue weighted by Crippen LogP contribution is 2.34. The van der Waals surface area contributed by atoms with Crippen LogP contribution in [-0.2, 0) is 4.79 Å². The normalized spacial score (nSPS) is 19.9. The molecule has 0 radical (unpaired) electrons. The molecule has 0 N–H and O–H groups in total. The van der Waals surface area contributed by atoms with Crippen LogP contribution in [-0.4, -0.2) is 21.2 Å². The van der Waals surface area contributed by atoms with Crippen LogP contribution < -0.4 is 0 Å². The minimum absolute atomic E-state index is 0.0200. The smallest absolute Gasteiger partial charge is 0.266 e. The Morgan fingerprint density at radius 1 is 1.56 bits per heavy atom. The predicted octanol–water partition coefficient (Wildman–Crippen LogP) is 3.59. The first-order valence-corrected chi connectivity index (χ1v) is 7.09. The van der Waals surface area contributed by atoms with E-state index in [9.17, 15) is 4.79 Å². The molecule has 1 atom stereocenters. The average Bonchev–Trinajstić information content (AvgIpc) is 2.84. The lowest BCUT2D eigenvalue weighted by atomic mass is 10.2. The molecule has 0 spiro atoms. The summed E-state index contributed by atoms with van der Waals surface area (Å²) in [4.78, 5) is 14.6. The minimum atomic E-state index is -0.0200. The zero-order valence-corrected chi connectivity index (χ0v) is 12.2. The quantitative estimate of drug-likeness (QED) is 0.626. The van der Waals surface area contributed by atoms with Crippen LogP contribution in [0.4, 0.5) is 0 Å². The fourth-order valence-electron chi connectivity index (χ4n) is 1.70. The van der Waals surface area contributed by atoms with E-state index in [1.165, 1.54) is 11.8 Å². The second-order valence-electron chi connectivity index (χ2n) is 4.26. The monoisotopic (exact) mass is 281 g/mol. The van der Waals surface area contributed by atoms with Crippen molar-refractivity contribution in [3.63, 3.8) is 0 Å². The van der Waals surface area contributed by atoms with E-state index in [2.05, 4.69) is 0 Å². The maximum absolute atomic E-state index is 12.2. The van der Waals surface area contributed by atoms with Gasteiger partial charge in [0.2, 0.25) is 0 Å². The first-order chi connectivity index (χ1) is 8.52. The molecule has 1 aliphatic heterocycles. The number of amides is 1. The van der Waals surface area contributed by atoms with Crippen molar-refractivity contribution in [2.45, 2.75) is 33.2 Å². The maximum atomic E-state index is 12.2. The molecule has 5 heteroatoms. The lowest BCUT2D eigenvalue weighted by Gasteiger charge is -2.21. The van der Waals surface area contributed by atoms with Gasteiger partial charge in [0, 0.05) is 12.1 Å². The highest BCUT2D eigenvalue weighted by Gasteiger charge is 2.34. The third-order valence-corrected chi connectivity index (χ3v) is 4.22. The van der Waals surface area contributed by atoms with E-state index >= 15 is 0 Å². The SMILES string of the molecule is CC[C@@H](C)N1C(=O)/C(=C\c2ccc(C)o2)SC1=S. The Morgan fingerprint density at radius 3 is 2.83 bits per heavy atom. The Balaban J connectivity index is 2.25. The summed E-state index contributed by atoms with van der Waals surface area (Å²) in [6.07, 6.45) is 2.65. The Kier molecular flexibility index (Phi) is 3.92. The fourth-order valence-corrected chi connectivity index (χ4v) is 3.14. The van der Waals surface area contributed by atoms with Crippen molar-refractivity contribution in [2.75, 3.05) is 0 Å². The molecule has 1 aromatic heterocycles. The molecule has 0 aromatic carbocycles. The summed E-state index contributed by atoms with van der Waals surface area (Å²) in [5, 5.41) is 0. The zero-order valence-electron chi connectivity index (χ0n) is 10.6. The number of thioether (sulfide) groups is 1. The minimum Gasteiger partial charge on any atom is -0.462 e. The summed E-state index contributed by atoms with van der Waals surface area (Å²) in [7, 11) is 0. The molecular formula is C13H15NO2S2. The van der Waals surface area contributed by atoms with Gasteiger partial charge < -0.3 is 4.42 Å². The van der Waals surface area contributed by atoms with Crippen molar-refractivity contribution in [2.24, 2.45) is 0 Å². The van der Waals surface area contributed by atoms with Crippen LogP contribution in [0.5, 0.6) is 0 Å². The number of nitrogens with zero attached hydrogens (tertiary/aromatic N) is 1.